The first-order valence-electron chi connectivity index (χ1n) is 12.0. The number of amides is 2. The SMILES string of the molecule is C=CC(=C\C(=O)N[C@@H](CSC/C=C(\C)CC/C=C(\C)CCC=C(C)C)C(=O)N=O)/C(/C=C\C)=C/C. The number of allylic oxidation sites excluding steroid dienone is 11. The molecule has 35 heavy (non-hydrogen) atoms. The molecule has 0 fully saturated rings. The highest BCUT2D eigenvalue weighted by Gasteiger charge is 2.21. The Morgan fingerprint density at radius 1 is 0.971 bits per heavy atom. The molecule has 1 atom stereocenters. The topological polar surface area (TPSA) is 75.6 Å². The molecule has 0 unspecified atom stereocenters. The van der Waals surface area contributed by atoms with Gasteiger partial charge in [-0.15, -0.1) is 4.91 Å². The second-order valence-electron chi connectivity index (χ2n) is 8.54. The van der Waals surface area contributed by atoms with Crippen molar-refractivity contribution >= 4 is 23.6 Å². The van der Waals surface area contributed by atoms with Crippen LogP contribution in [0.5, 0.6) is 0 Å². The number of rotatable bonds is 16. The molecule has 0 radical (unpaired) electrons. The van der Waals surface area contributed by atoms with Crippen LogP contribution < -0.4 is 5.32 Å². The Hall–Kier alpha value is -2.73. The van der Waals surface area contributed by atoms with E-state index in [1.54, 1.807) is 6.08 Å². The molecule has 0 bridgehead atoms. The van der Waals surface area contributed by atoms with Gasteiger partial charge in [-0.05, 0) is 78.4 Å². The van der Waals surface area contributed by atoms with Gasteiger partial charge >= 0.3 is 5.91 Å². The lowest BCUT2D eigenvalue weighted by Gasteiger charge is -2.13. The monoisotopic (exact) mass is 498 g/mol. The Morgan fingerprint density at radius 2 is 1.60 bits per heavy atom. The number of nitroso groups, excluding NO2 is 1. The van der Waals surface area contributed by atoms with Gasteiger partial charge in [-0.1, -0.05) is 65.8 Å². The highest BCUT2D eigenvalue weighted by Crippen LogP contribution is 2.15. The van der Waals surface area contributed by atoms with Crippen molar-refractivity contribution in [2.24, 2.45) is 5.18 Å². The van der Waals surface area contributed by atoms with Gasteiger partial charge in [0.2, 0.25) is 5.91 Å². The van der Waals surface area contributed by atoms with Gasteiger partial charge in [-0.25, -0.2) is 0 Å². The third-order valence-corrected chi connectivity index (χ3v) is 6.13. The fraction of sp³-hybridized carbons (Fsp3) is 0.448. The van der Waals surface area contributed by atoms with Crippen LogP contribution >= 0.6 is 11.8 Å². The van der Waals surface area contributed by atoms with Gasteiger partial charge in [0.25, 0.3) is 0 Å². The van der Waals surface area contributed by atoms with E-state index in [-0.39, 0.29) is 5.75 Å². The molecule has 0 aliphatic heterocycles. The zero-order valence-corrected chi connectivity index (χ0v) is 23.0. The normalized spacial score (nSPS) is 14.0. The van der Waals surface area contributed by atoms with Crippen molar-refractivity contribution in [1.82, 2.24) is 5.32 Å². The Bertz CT molecular complexity index is 901. The maximum atomic E-state index is 12.5. The molecule has 0 saturated carbocycles. The van der Waals surface area contributed by atoms with E-state index in [1.807, 2.05) is 32.1 Å². The predicted molar refractivity (Wildman–Crippen MR) is 152 cm³/mol. The van der Waals surface area contributed by atoms with Gasteiger partial charge in [0, 0.05) is 22.8 Å². The molecule has 0 aliphatic rings. The van der Waals surface area contributed by atoms with Gasteiger partial charge in [0.1, 0.15) is 6.04 Å². The Labute approximate surface area is 216 Å². The second-order valence-corrected chi connectivity index (χ2v) is 9.61. The van der Waals surface area contributed by atoms with E-state index in [2.05, 4.69) is 63.0 Å². The van der Waals surface area contributed by atoms with Crippen molar-refractivity contribution in [3.8, 4) is 0 Å². The molecule has 1 N–H and O–H groups in total. The van der Waals surface area contributed by atoms with E-state index in [0.29, 0.717) is 11.3 Å². The van der Waals surface area contributed by atoms with Gasteiger partial charge in [-0.3, -0.25) is 9.59 Å². The standard InChI is InChI=1S/C29H42N2O3S/c1-8-13-25(9-2)26(10-3)20-28(32)30-27(29(33)31-34)21-35-19-18-24(7)17-12-16-23(6)15-11-14-22(4)5/h8-10,13-14,16,18,20,27H,3,11-12,15,17,19,21H2,1-2,4-7H3,(H,30,32)/b13-8-,23-16+,24-18+,25-9+,26-20+/t27-/m0/s1. The fourth-order valence-electron chi connectivity index (χ4n) is 3.12. The third kappa shape index (κ3) is 15.7. The molecule has 0 aromatic rings. The molecule has 0 aliphatic carbocycles. The van der Waals surface area contributed by atoms with E-state index in [1.165, 1.54) is 34.6 Å². The number of hydrogen-bond donors (Lipinski definition) is 1. The van der Waals surface area contributed by atoms with Gasteiger partial charge in [-0.2, -0.15) is 11.8 Å². The maximum absolute atomic E-state index is 12.5. The summed E-state index contributed by atoms with van der Waals surface area (Å²) in [6.07, 6.45) is 19.4. The molecule has 6 heteroatoms. The van der Waals surface area contributed by atoms with Crippen LogP contribution in [0.2, 0.25) is 0 Å². The van der Waals surface area contributed by atoms with E-state index in [9.17, 15) is 14.5 Å². The summed E-state index contributed by atoms with van der Waals surface area (Å²) in [7, 11) is 0. The van der Waals surface area contributed by atoms with Crippen LogP contribution in [0, 0.1) is 4.91 Å². The summed E-state index contributed by atoms with van der Waals surface area (Å²) in [4.78, 5) is 35.2. The minimum Gasteiger partial charge on any atom is -0.340 e. The maximum Gasteiger partial charge on any atom is 0.309 e. The van der Waals surface area contributed by atoms with E-state index in [4.69, 9.17) is 0 Å². The molecular formula is C29H42N2O3S. The fourth-order valence-corrected chi connectivity index (χ4v) is 4.12. The van der Waals surface area contributed by atoms with Crippen LogP contribution in [0.1, 0.15) is 67.2 Å². The first-order chi connectivity index (χ1) is 16.7. The van der Waals surface area contributed by atoms with Crippen molar-refractivity contribution in [2.45, 2.75) is 73.3 Å². The first-order valence-corrected chi connectivity index (χ1v) is 13.2. The zero-order valence-electron chi connectivity index (χ0n) is 22.2. The highest BCUT2D eigenvalue weighted by molar-refractivity contribution is 7.99. The largest absolute Gasteiger partial charge is 0.340 e. The first kappa shape index (κ1) is 32.3. The molecule has 0 aromatic heterocycles. The third-order valence-electron chi connectivity index (χ3n) is 5.16. The number of carbonyl (C=O) groups excluding carboxylic acids is 2. The lowest BCUT2D eigenvalue weighted by atomic mass is 10.0. The summed E-state index contributed by atoms with van der Waals surface area (Å²) < 4.78 is 0. The summed E-state index contributed by atoms with van der Waals surface area (Å²) in [5.74, 6) is -0.393. The predicted octanol–water partition coefficient (Wildman–Crippen LogP) is 7.55. The van der Waals surface area contributed by atoms with Crippen LogP contribution in [0.3, 0.4) is 0 Å². The summed E-state index contributed by atoms with van der Waals surface area (Å²) in [6.45, 7) is 16.0. The van der Waals surface area contributed by atoms with E-state index >= 15 is 0 Å². The van der Waals surface area contributed by atoms with Crippen LogP contribution in [0.15, 0.2) is 88.2 Å². The molecule has 0 rings (SSSR count). The van der Waals surface area contributed by atoms with Crippen molar-refractivity contribution in [2.75, 3.05) is 11.5 Å². The lowest BCUT2D eigenvalue weighted by molar-refractivity contribution is -0.124. The van der Waals surface area contributed by atoms with Crippen molar-refractivity contribution in [1.29, 1.82) is 0 Å². The Kier molecular flexibility index (Phi) is 18.0. The molecule has 0 saturated heterocycles. The van der Waals surface area contributed by atoms with Crippen molar-refractivity contribution < 1.29 is 9.59 Å². The Morgan fingerprint density at radius 3 is 2.14 bits per heavy atom. The number of thioether (sulfide) groups is 1. The quantitative estimate of drug-likeness (QED) is 0.0783. The minimum absolute atomic E-state index is 0.270. The Balaban J connectivity index is 4.81. The van der Waals surface area contributed by atoms with Crippen LogP contribution in [0.4, 0.5) is 0 Å². The van der Waals surface area contributed by atoms with Crippen molar-refractivity contribution in [3.05, 3.63) is 88.0 Å². The number of carbonyl (C=O) groups is 2. The van der Waals surface area contributed by atoms with E-state index < -0.39 is 17.9 Å². The molecule has 0 aromatic carbocycles. The summed E-state index contributed by atoms with van der Waals surface area (Å²) >= 11 is 1.48. The van der Waals surface area contributed by atoms with Crippen LogP contribution in [-0.4, -0.2) is 29.4 Å². The molecule has 192 valence electrons. The van der Waals surface area contributed by atoms with Gasteiger partial charge in [0.15, 0.2) is 0 Å². The molecule has 0 heterocycles. The summed E-state index contributed by atoms with van der Waals surface area (Å²) in [5, 5.41) is 5.12. The summed E-state index contributed by atoms with van der Waals surface area (Å²) in [6, 6.07) is -0.969. The van der Waals surface area contributed by atoms with Crippen LogP contribution in [0.25, 0.3) is 0 Å². The minimum atomic E-state index is -0.969. The average molecular weight is 499 g/mol. The second kappa shape index (κ2) is 19.6. The molecular weight excluding hydrogens is 456 g/mol. The number of hydrogen-bond acceptors (Lipinski definition) is 4. The molecule has 0 spiro atoms. The van der Waals surface area contributed by atoms with Gasteiger partial charge < -0.3 is 5.32 Å². The smallest absolute Gasteiger partial charge is 0.309 e. The summed E-state index contributed by atoms with van der Waals surface area (Å²) in [5.41, 5.74) is 5.49. The lowest BCUT2D eigenvalue weighted by Crippen LogP contribution is -2.41. The van der Waals surface area contributed by atoms with Crippen molar-refractivity contribution in [3.63, 3.8) is 0 Å². The van der Waals surface area contributed by atoms with Gasteiger partial charge in [0.05, 0.1) is 0 Å². The van der Waals surface area contributed by atoms with Crippen LogP contribution in [-0.2, 0) is 9.59 Å². The average Bonchev–Trinajstić information content (AvgIpc) is 2.82. The number of nitrogens with one attached hydrogen (secondary N) is 1. The van der Waals surface area contributed by atoms with E-state index in [0.717, 1.165) is 31.3 Å². The molecule has 5 nitrogen and oxygen atoms in total. The highest BCUT2D eigenvalue weighted by atomic mass is 32.2. The molecule has 2 amide bonds. The zero-order chi connectivity index (χ0) is 26.6. The number of nitrogens with zero attached hydrogens (tertiary/aromatic N) is 1.